The van der Waals surface area contributed by atoms with Gasteiger partial charge in [0.15, 0.2) is 5.82 Å². The molecule has 1 aliphatic rings. The summed E-state index contributed by atoms with van der Waals surface area (Å²) in [7, 11) is 0. The number of aryl methyl sites for hydroxylation is 2. The van der Waals surface area contributed by atoms with Crippen LogP contribution in [0.2, 0.25) is 0 Å². The first-order valence-corrected chi connectivity index (χ1v) is 7.44. The average molecular weight is 267 g/mol. The van der Waals surface area contributed by atoms with E-state index in [0.29, 0.717) is 6.04 Å². The van der Waals surface area contributed by atoms with Crippen molar-refractivity contribution < 1.29 is 0 Å². The van der Waals surface area contributed by atoms with Crippen LogP contribution in [0.3, 0.4) is 0 Å². The van der Waals surface area contributed by atoms with E-state index in [1.165, 1.54) is 29.7 Å². The van der Waals surface area contributed by atoms with Crippen molar-refractivity contribution in [1.29, 1.82) is 0 Å². The summed E-state index contributed by atoms with van der Waals surface area (Å²) in [5, 5.41) is 3.53. The fraction of sp³-hybridized carbons (Fsp3) is 0.412. The molecule has 3 rings (SSSR count). The zero-order valence-electron chi connectivity index (χ0n) is 12.2. The number of nitrogens with zero attached hydrogens (tertiary/aromatic N) is 2. The summed E-state index contributed by atoms with van der Waals surface area (Å²) in [6.45, 7) is 5.25. The molecule has 3 nitrogen and oxygen atoms in total. The minimum Gasteiger partial charge on any atom is -0.310 e. The van der Waals surface area contributed by atoms with Gasteiger partial charge in [0.2, 0.25) is 0 Å². The van der Waals surface area contributed by atoms with E-state index >= 15 is 0 Å². The third-order valence-electron chi connectivity index (χ3n) is 4.02. The summed E-state index contributed by atoms with van der Waals surface area (Å²) in [4.78, 5) is 9.43. The number of benzene rings is 1. The van der Waals surface area contributed by atoms with E-state index in [9.17, 15) is 0 Å². The highest BCUT2D eigenvalue weighted by atomic mass is 14.9. The number of aromatic nitrogens is 2. The van der Waals surface area contributed by atoms with Crippen molar-refractivity contribution in [2.75, 3.05) is 6.54 Å². The van der Waals surface area contributed by atoms with Gasteiger partial charge in [0.25, 0.3) is 0 Å². The average Bonchev–Trinajstić information content (AvgIpc) is 2.48. The topological polar surface area (TPSA) is 37.8 Å². The normalized spacial score (nSPS) is 17.8. The molecule has 0 saturated heterocycles. The van der Waals surface area contributed by atoms with Crippen molar-refractivity contribution in [3.8, 4) is 11.4 Å². The van der Waals surface area contributed by atoms with Crippen LogP contribution in [-0.2, 0) is 6.42 Å². The predicted octanol–water partition coefficient (Wildman–Crippen LogP) is 3.44. The maximum absolute atomic E-state index is 4.83. The summed E-state index contributed by atoms with van der Waals surface area (Å²) in [5.41, 5.74) is 4.87. The molecule has 0 aliphatic heterocycles. The van der Waals surface area contributed by atoms with Gasteiger partial charge in [0, 0.05) is 29.1 Å². The second-order valence-corrected chi connectivity index (χ2v) is 5.41. The molecule has 1 aliphatic carbocycles. The summed E-state index contributed by atoms with van der Waals surface area (Å²) >= 11 is 0. The molecule has 1 atom stereocenters. The van der Waals surface area contributed by atoms with E-state index in [1.807, 2.05) is 12.3 Å². The molecule has 0 spiro atoms. The Kier molecular flexibility index (Phi) is 3.79. The molecule has 1 heterocycles. The fourth-order valence-corrected chi connectivity index (χ4v) is 2.96. The maximum Gasteiger partial charge on any atom is 0.159 e. The van der Waals surface area contributed by atoms with Gasteiger partial charge in [-0.1, -0.05) is 31.2 Å². The summed E-state index contributed by atoms with van der Waals surface area (Å²) < 4.78 is 0. The van der Waals surface area contributed by atoms with E-state index in [2.05, 4.69) is 42.3 Å². The van der Waals surface area contributed by atoms with Gasteiger partial charge in [-0.05, 0) is 38.3 Å². The van der Waals surface area contributed by atoms with Crippen LogP contribution in [0.5, 0.6) is 0 Å². The molecule has 0 fully saturated rings. The van der Waals surface area contributed by atoms with Crippen LogP contribution in [0.15, 0.2) is 30.5 Å². The molecule has 0 radical (unpaired) electrons. The molecule has 3 heteroatoms. The van der Waals surface area contributed by atoms with Crippen molar-refractivity contribution in [2.45, 2.75) is 39.2 Å². The summed E-state index contributed by atoms with van der Waals surface area (Å²) in [6.07, 6.45) is 5.48. The predicted molar refractivity (Wildman–Crippen MR) is 81.6 cm³/mol. The Morgan fingerprint density at radius 1 is 1.30 bits per heavy atom. The highest BCUT2D eigenvalue weighted by Gasteiger charge is 2.21. The molecule has 20 heavy (non-hydrogen) atoms. The van der Waals surface area contributed by atoms with Crippen molar-refractivity contribution in [2.24, 2.45) is 0 Å². The molecular weight excluding hydrogens is 246 g/mol. The first kappa shape index (κ1) is 13.3. The molecule has 1 aromatic heterocycles. The number of hydrogen-bond acceptors (Lipinski definition) is 3. The number of rotatable bonds is 3. The second-order valence-electron chi connectivity index (χ2n) is 5.41. The lowest BCUT2D eigenvalue weighted by molar-refractivity contribution is 0.464. The van der Waals surface area contributed by atoms with E-state index in [1.54, 1.807) is 0 Å². The van der Waals surface area contributed by atoms with Crippen LogP contribution in [0.1, 0.15) is 42.6 Å². The van der Waals surface area contributed by atoms with E-state index in [4.69, 9.17) is 4.98 Å². The lowest BCUT2D eigenvalue weighted by Gasteiger charge is -2.25. The largest absolute Gasteiger partial charge is 0.310 e. The van der Waals surface area contributed by atoms with Gasteiger partial charge in [-0.15, -0.1) is 0 Å². The lowest BCUT2D eigenvalue weighted by Crippen LogP contribution is -2.25. The van der Waals surface area contributed by atoms with Gasteiger partial charge in [0.1, 0.15) is 0 Å². The zero-order chi connectivity index (χ0) is 13.9. The number of nitrogens with one attached hydrogen (secondary N) is 1. The Morgan fingerprint density at radius 2 is 2.15 bits per heavy atom. The lowest BCUT2D eigenvalue weighted by atomic mass is 9.92. The van der Waals surface area contributed by atoms with Crippen molar-refractivity contribution in [3.63, 3.8) is 0 Å². The van der Waals surface area contributed by atoms with Gasteiger partial charge in [-0.25, -0.2) is 9.97 Å². The van der Waals surface area contributed by atoms with Gasteiger partial charge >= 0.3 is 0 Å². The van der Waals surface area contributed by atoms with Crippen LogP contribution in [0.4, 0.5) is 0 Å². The molecule has 0 bridgehead atoms. The Morgan fingerprint density at radius 3 is 2.95 bits per heavy atom. The monoisotopic (exact) mass is 267 g/mol. The summed E-state index contributed by atoms with van der Waals surface area (Å²) in [5.74, 6) is 0.860. The third-order valence-corrected chi connectivity index (χ3v) is 4.02. The molecule has 1 unspecified atom stereocenters. The van der Waals surface area contributed by atoms with Crippen LogP contribution in [0.25, 0.3) is 11.4 Å². The van der Waals surface area contributed by atoms with Crippen molar-refractivity contribution in [1.82, 2.24) is 15.3 Å². The number of fused-ring (bicyclic) bond motifs is 1. The molecule has 104 valence electrons. The van der Waals surface area contributed by atoms with Crippen LogP contribution in [-0.4, -0.2) is 16.5 Å². The van der Waals surface area contributed by atoms with Gasteiger partial charge in [-0.3, -0.25) is 0 Å². The first-order chi connectivity index (χ1) is 9.79. The van der Waals surface area contributed by atoms with E-state index in [-0.39, 0.29) is 0 Å². The minimum atomic E-state index is 0.426. The highest BCUT2D eigenvalue weighted by molar-refractivity contribution is 5.60. The molecule has 0 amide bonds. The van der Waals surface area contributed by atoms with Crippen molar-refractivity contribution in [3.05, 3.63) is 47.3 Å². The fourth-order valence-electron chi connectivity index (χ4n) is 2.96. The van der Waals surface area contributed by atoms with Crippen LogP contribution in [0, 0.1) is 6.92 Å². The zero-order valence-corrected chi connectivity index (χ0v) is 12.2. The van der Waals surface area contributed by atoms with E-state index < -0.39 is 0 Å². The Balaban J connectivity index is 1.99. The van der Waals surface area contributed by atoms with E-state index in [0.717, 1.165) is 24.4 Å². The Bertz CT molecular complexity index is 607. The molecule has 2 aromatic rings. The Hall–Kier alpha value is -1.74. The third kappa shape index (κ3) is 2.46. The standard InChI is InChI=1S/C17H21N3/c1-3-18-15-9-6-10-16-14(15)11-19-17(20-16)13-8-5-4-7-12(13)2/h4-5,7-8,11,15,18H,3,6,9-10H2,1-2H3. The summed E-state index contributed by atoms with van der Waals surface area (Å²) in [6, 6.07) is 8.74. The minimum absolute atomic E-state index is 0.426. The quantitative estimate of drug-likeness (QED) is 0.925. The Labute approximate surface area is 120 Å². The number of hydrogen-bond donors (Lipinski definition) is 1. The SMILES string of the molecule is CCNC1CCCc2nc(-c3ccccc3C)ncc21. The van der Waals surface area contributed by atoms with Gasteiger partial charge in [-0.2, -0.15) is 0 Å². The first-order valence-electron chi connectivity index (χ1n) is 7.44. The second kappa shape index (κ2) is 5.71. The molecular formula is C17H21N3. The maximum atomic E-state index is 4.83. The molecule has 1 N–H and O–H groups in total. The van der Waals surface area contributed by atoms with Crippen molar-refractivity contribution >= 4 is 0 Å². The van der Waals surface area contributed by atoms with Gasteiger partial charge < -0.3 is 5.32 Å². The smallest absolute Gasteiger partial charge is 0.159 e. The van der Waals surface area contributed by atoms with Crippen LogP contribution >= 0.6 is 0 Å². The van der Waals surface area contributed by atoms with Gasteiger partial charge in [0.05, 0.1) is 0 Å². The molecule has 0 saturated carbocycles. The molecule has 1 aromatic carbocycles. The highest BCUT2D eigenvalue weighted by Crippen LogP contribution is 2.29. The van der Waals surface area contributed by atoms with Crippen LogP contribution < -0.4 is 5.32 Å².